The summed E-state index contributed by atoms with van der Waals surface area (Å²) in [6, 6.07) is 14.0. The van der Waals surface area contributed by atoms with Crippen LogP contribution < -0.4 is 5.32 Å². The molecule has 0 atom stereocenters. The standard InChI is InChI=1S/C20H16N4O3/c1-27-20(26)13-6-2-4-8-15(13)22-19-18(14-7-3-5-9-16(14)25)23-17-12-21-10-11-24(17)19/h2-12,22,25H,1H3. The van der Waals surface area contributed by atoms with E-state index >= 15 is 0 Å². The number of anilines is 2. The van der Waals surface area contributed by atoms with Gasteiger partial charge in [0.2, 0.25) is 0 Å². The number of hydrogen-bond donors (Lipinski definition) is 2. The number of carbonyl (C=O) groups is 1. The fourth-order valence-electron chi connectivity index (χ4n) is 2.90. The van der Waals surface area contributed by atoms with Crippen LogP contribution in [-0.2, 0) is 4.74 Å². The van der Waals surface area contributed by atoms with E-state index < -0.39 is 5.97 Å². The number of carbonyl (C=O) groups excluding carboxylic acids is 1. The van der Waals surface area contributed by atoms with E-state index in [4.69, 9.17) is 4.74 Å². The number of esters is 1. The summed E-state index contributed by atoms with van der Waals surface area (Å²) in [5, 5.41) is 13.6. The number of rotatable bonds is 4. The van der Waals surface area contributed by atoms with Gasteiger partial charge in [-0.1, -0.05) is 24.3 Å². The van der Waals surface area contributed by atoms with Crippen molar-refractivity contribution in [3.63, 3.8) is 0 Å². The third-order valence-electron chi connectivity index (χ3n) is 4.17. The molecule has 7 nitrogen and oxygen atoms in total. The van der Waals surface area contributed by atoms with Gasteiger partial charge in [-0.25, -0.2) is 9.78 Å². The van der Waals surface area contributed by atoms with Gasteiger partial charge in [-0.2, -0.15) is 0 Å². The van der Waals surface area contributed by atoms with E-state index in [1.807, 2.05) is 16.5 Å². The van der Waals surface area contributed by atoms with Crippen LogP contribution in [0.5, 0.6) is 5.75 Å². The first-order valence-corrected chi connectivity index (χ1v) is 8.24. The summed E-state index contributed by atoms with van der Waals surface area (Å²) in [4.78, 5) is 20.8. The average molecular weight is 360 g/mol. The number of para-hydroxylation sites is 2. The van der Waals surface area contributed by atoms with Crippen LogP contribution in [-0.4, -0.2) is 32.6 Å². The summed E-state index contributed by atoms with van der Waals surface area (Å²) in [6.07, 6.45) is 5.02. The first kappa shape index (κ1) is 16.6. The molecule has 134 valence electrons. The predicted octanol–water partition coefficient (Wildman–Crippen LogP) is 3.63. The lowest BCUT2D eigenvalue weighted by atomic mass is 10.1. The third kappa shape index (κ3) is 2.95. The van der Waals surface area contributed by atoms with Crippen LogP contribution in [0.2, 0.25) is 0 Å². The van der Waals surface area contributed by atoms with Crippen LogP contribution in [0.15, 0.2) is 67.1 Å². The average Bonchev–Trinajstić information content (AvgIpc) is 3.06. The maximum Gasteiger partial charge on any atom is 0.339 e. The van der Waals surface area contributed by atoms with Crippen molar-refractivity contribution in [2.45, 2.75) is 0 Å². The van der Waals surface area contributed by atoms with Crippen LogP contribution in [0.3, 0.4) is 0 Å². The van der Waals surface area contributed by atoms with Crippen LogP contribution in [0.25, 0.3) is 16.9 Å². The van der Waals surface area contributed by atoms with E-state index in [1.165, 1.54) is 7.11 Å². The zero-order valence-electron chi connectivity index (χ0n) is 14.5. The lowest BCUT2D eigenvalue weighted by Crippen LogP contribution is -2.06. The molecule has 0 aliphatic heterocycles. The van der Waals surface area contributed by atoms with E-state index in [2.05, 4.69) is 15.3 Å². The fourth-order valence-corrected chi connectivity index (χ4v) is 2.90. The second-order valence-electron chi connectivity index (χ2n) is 5.79. The van der Waals surface area contributed by atoms with Crippen molar-refractivity contribution in [2.24, 2.45) is 0 Å². The molecule has 0 bridgehead atoms. The molecular weight excluding hydrogens is 344 g/mol. The Morgan fingerprint density at radius 2 is 1.93 bits per heavy atom. The molecule has 2 heterocycles. The number of nitrogens with zero attached hydrogens (tertiary/aromatic N) is 3. The minimum Gasteiger partial charge on any atom is -0.507 e. The molecule has 0 fully saturated rings. The van der Waals surface area contributed by atoms with Crippen molar-refractivity contribution in [2.75, 3.05) is 12.4 Å². The highest BCUT2D eigenvalue weighted by atomic mass is 16.5. The van der Waals surface area contributed by atoms with Crippen LogP contribution in [0.1, 0.15) is 10.4 Å². The number of aromatic nitrogens is 3. The normalized spacial score (nSPS) is 10.7. The highest BCUT2D eigenvalue weighted by Crippen LogP contribution is 2.36. The van der Waals surface area contributed by atoms with Crippen LogP contribution in [0.4, 0.5) is 11.5 Å². The molecule has 0 saturated heterocycles. The molecule has 4 rings (SSSR count). The molecule has 2 aromatic heterocycles. The SMILES string of the molecule is COC(=O)c1ccccc1Nc1c(-c2ccccc2O)nc2cnccn12. The number of phenolic OH excluding ortho intramolecular Hbond substituents is 1. The van der Waals surface area contributed by atoms with Gasteiger partial charge in [-0.3, -0.25) is 9.38 Å². The summed E-state index contributed by atoms with van der Waals surface area (Å²) in [5.74, 6) is 0.265. The van der Waals surface area contributed by atoms with Crippen molar-refractivity contribution in [1.29, 1.82) is 0 Å². The Balaban J connectivity index is 1.91. The quantitative estimate of drug-likeness (QED) is 0.540. The maximum atomic E-state index is 12.1. The van der Waals surface area contributed by atoms with E-state index in [0.29, 0.717) is 34.0 Å². The lowest BCUT2D eigenvalue weighted by molar-refractivity contribution is 0.0602. The molecule has 7 heteroatoms. The van der Waals surface area contributed by atoms with Gasteiger partial charge >= 0.3 is 5.97 Å². The molecule has 2 N–H and O–H groups in total. The smallest absolute Gasteiger partial charge is 0.339 e. The fraction of sp³-hybridized carbons (Fsp3) is 0.0500. The Hall–Kier alpha value is -3.87. The first-order valence-electron chi connectivity index (χ1n) is 8.24. The zero-order chi connectivity index (χ0) is 18.8. The van der Waals surface area contributed by atoms with Crippen LogP contribution >= 0.6 is 0 Å². The van der Waals surface area contributed by atoms with E-state index in [1.54, 1.807) is 55.0 Å². The number of fused-ring (bicyclic) bond motifs is 1. The summed E-state index contributed by atoms with van der Waals surface area (Å²) in [7, 11) is 1.34. The van der Waals surface area contributed by atoms with E-state index in [-0.39, 0.29) is 5.75 Å². The lowest BCUT2D eigenvalue weighted by Gasteiger charge is -2.12. The molecule has 0 aliphatic rings. The van der Waals surface area contributed by atoms with E-state index in [0.717, 1.165) is 0 Å². The minimum atomic E-state index is -0.447. The van der Waals surface area contributed by atoms with Crippen LogP contribution in [0, 0.1) is 0 Å². The van der Waals surface area contributed by atoms with Gasteiger partial charge < -0.3 is 15.2 Å². The summed E-state index contributed by atoms with van der Waals surface area (Å²) < 4.78 is 6.67. The van der Waals surface area contributed by atoms with Crippen molar-refractivity contribution < 1.29 is 14.6 Å². The van der Waals surface area contributed by atoms with Gasteiger partial charge in [0, 0.05) is 18.0 Å². The number of methoxy groups -OCH3 is 1. The number of ether oxygens (including phenoxy) is 1. The Bertz CT molecular complexity index is 1140. The predicted molar refractivity (Wildman–Crippen MR) is 101 cm³/mol. The molecule has 4 aromatic rings. The second kappa shape index (κ2) is 6.80. The molecule has 0 amide bonds. The summed E-state index contributed by atoms with van der Waals surface area (Å²) in [5.41, 5.74) is 2.68. The first-order chi connectivity index (χ1) is 13.2. The highest BCUT2D eigenvalue weighted by molar-refractivity contribution is 5.97. The largest absolute Gasteiger partial charge is 0.507 e. The highest BCUT2D eigenvalue weighted by Gasteiger charge is 2.19. The van der Waals surface area contributed by atoms with Gasteiger partial charge in [0.1, 0.15) is 17.3 Å². The zero-order valence-corrected chi connectivity index (χ0v) is 14.5. The monoisotopic (exact) mass is 360 g/mol. The molecule has 0 saturated carbocycles. The Labute approximate surface area is 154 Å². The molecule has 0 spiro atoms. The molecular formula is C20H16N4O3. The molecule has 0 aliphatic carbocycles. The van der Waals surface area contributed by atoms with Gasteiger partial charge in [-0.15, -0.1) is 0 Å². The van der Waals surface area contributed by atoms with E-state index in [9.17, 15) is 9.90 Å². The van der Waals surface area contributed by atoms with Gasteiger partial charge in [0.25, 0.3) is 0 Å². The Kier molecular flexibility index (Phi) is 4.18. The van der Waals surface area contributed by atoms with Gasteiger partial charge in [0.05, 0.1) is 24.6 Å². The number of nitrogens with one attached hydrogen (secondary N) is 1. The molecule has 2 aromatic carbocycles. The number of hydrogen-bond acceptors (Lipinski definition) is 6. The number of benzene rings is 2. The second-order valence-corrected chi connectivity index (χ2v) is 5.79. The summed E-state index contributed by atoms with van der Waals surface area (Å²) in [6.45, 7) is 0. The Morgan fingerprint density at radius 1 is 1.15 bits per heavy atom. The van der Waals surface area contributed by atoms with Crippen molar-refractivity contribution in [1.82, 2.24) is 14.4 Å². The third-order valence-corrected chi connectivity index (χ3v) is 4.17. The van der Waals surface area contributed by atoms with Crippen molar-refractivity contribution in [3.05, 3.63) is 72.7 Å². The number of phenols is 1. The molecule has 27 heavy (non-hydrogen) atoms. The number of imidazole rings is 1. The van der Waals surface area contributed by atoms with Crippen molar-refractivity contribution in [3.8, 4) is 17.0 Å². The topological polar surface area (TPSA) is 88.8 Å². The molecule has 0 radical (unpaired) electrons. The number of aromatic hydroxyl groups is 1. The minimum absolute atomic E-state index is 0.109. The summed E-state index contributed by atoms with van der Waals surface area (Å²) >= 11 is 0. The maximum absolute atomic E-state index is 12.1. The van der Waals surface area contributed by atoms with Crippen molar-refractivity contribution >= 4 is 23.1 Å². The Morgan fingerprint density at radius 3 is 2.74 bits per heavy atom. The van der Waals surface area contributed by atoms with Gasteiger partial charge in [-0.05, 0) is 24.3 Å². The molecule has 0 unspecified atom stereocenters. The van der Waals surface area contributed by atoms with Gasteiger partial charge in [0.15, 0.2) is 5.65 Å².